The second-order valence-corrected chi connectivity index (χ2v) is 4.67. The van der Waals surface area contributed by atoms with Gasteiger partial charge in [0.2, 0.25) is 0 Å². The zero-order valence-corrected chi connectivity index (χ0v) is 10.9. The number of nitrogens with zero attached hydrogens (tertiary/aromatic N) is 1. The first-order chi connectivity index (χ1) is 8.49. The average Bonchev–Trinajstić information content (AvgIpc) is 2.34. The number of nitrogens with two attached hydrogens (primary N) is 1. The summed E-state index contributed by atoms with van der Waals surface area (Å²) in [5.74, 6) is -0.345. The normalized spacial score (nSPS) is 12.5. The number of aryl methyl sites for hydroxylation is 3. The van der Waals surface area contributed by atoms with E-state index in [-0.39, 0.29) is 11.9 Å². The lowest BCUT2D eigenvalue weighted by molar-refractivity contribution is 0.617. The third-order valence-electron chi connectivity index (χ3n) is 3.29. The maximum Gasteiger partial charge on any atom is 0.141 e. The molecule has 1 aromatic heterocycles. The van der Waals surface area contributed by atoms with Crippen molar-refractivity contribution in [1.29, 1.82) is 0 Å². The molecule has 2 rings (SSSR count). The molecule has 0 saturated heterocycles. The zero-order valence-electron chi connectivity index (χ0n) is 10.9. The zero-order chi connectivity index (χ0) is 13.3. The molecule has 1 atom stereocenters. The fourth-order valence-electron chi connectivity index (χ4n) is 2.05. The van der Waals surface area contributed by atoms with E-state index < -0.39 is 0 Å². The van der Waals surface area contributed by atoms with Gasteiger partial charge in [0, 0.05) is 0 Å². The van der Waals surface area contributed by atoms with Gasteiger partial charge in [-0.1, -0.05) is 12.1 Å². The van der Waals surface area contributed by atoms with Gasteiger partial charge in [-0.05, 0) is 55.2 Å². The number of hydrogen-bond acceptors (Lipinski definition) is 2. The summed E-state index contributed by atoms with van der Waals surface area (Å²) < 4.78 is 12.8. The Morgan fingerprint density at radius 1 is 1.06 bits per heavy atom. The van der Waals surface area contributed by atoms with Crippen molar-refractivity contribution in [1.82, 2.24) is 4.98 Å². The van der Waals surface area contributed by atoms with E-state index in [1.165, 1.54) is 23.4 Å². The van der Waals surface area contributed by atoms with Crippen LogP contribution in [0.5, 0.6) is 0 Å². The molecule has 1 heterocycles. The Morgan fingerprint density at radius 3 is 2.33 bits per heavy atom. The third kappa shape index (κ3) is 2.41. The molecule has 0 aliphatic carbocycles. The fraction of sp³-hybridized carbons (Fsp3) is 0.267. The van der Waals surface area contributed by atoms with Crippen LogP contribution in [0.25, 0.3) is 0 Å². The highest BCUT2D eigenvalue weighted by Gasteiger charge is 2.13. The van der Waals surface area contributed by atoms with Crippen molar-refractivity contribution in [2.75, 3.05) is 0 Å². The van der Waals surface area contributed by atoms with Gasteiger partial charge in [0.15, 0.2) is 0 Å². The molecule has 0 amide bonds. The first-order valence-corrected chi connectivity index (χ1v) is 5.94. The SMILES string of the molecule is Cc1cc(C)c(C(N)c2ccc(F)cn2)cc1C. The van der Waals surface area contributed by atoms with Crippen molar-refractivity contribution in [3.8, 4) is 0 Å². The number of aromatic nitrogens is 1. The Hall–Kier alpha value is -1.74. The Bertz CT molecular complexity index is 561. The molecule has 2 N–H and O–H groups in total. The van der Waals surface area contributed by atoms with Crippen LogP contribution in [-0.4, -0.2) is 4.98 Å². The number of rotatable bonds is 2. The van der Waals surface area contributed by atoms with Gasteiger partial charge in [-0.3, -0.25) is 4.98 Å². The van der Waals surface area contributed by atoms with E-state index in [1.807, 2.05) is 6.92 Å². The Morgan fingerprint density at radius 2 is 1.72 bits per heavy atom. The topological polar surface area (TPSA) is 38.9 Å². The van der Waals surface area contributed by atoms with E-state index in [0.717, 1.165) is 11.1 Å². The van der Waals surface area contributed by atoms with E-state index in [1.54, 1.807) is 6.07 Å². The molecule has 0 radical (unpaired) electrons. The van der Waals surface area contributed by atoms with Crippen molar-refractivity contribution in [2.24, 2.45) is 5.73 Å². The Kier molecular flexibility index (Phi) is 3.43. The predicted octanol–water partition coefficient (Wildman–Crippen LogP) is 3.19. The van der Waals surface area contributed by atoms with Crippen LogP contribution in [0.2, 0.25) is 0 Å². The monoisotopic (exact) mass is 244 g/mol. The molecule has 18 heavy (non-hydrogen) atoms. The summed E-state index contributed by atoms with van der Waals surface area (Å²) in [4.78, 5) is 4.05. The van der Waals surface area contributed by atoms with Gasteiger partial charge in [0.25, 0.3) is 0 Å². The number of halogens is 1. The van der Waals surface area contributed by atoms with Crippen LogP contribution in [0.4, 0.5) is 4.39 Å². The van der Waals surface area contributed by atoms with E-state index in [4.69, 9.17) is 5.73 Å². The number of benzene rings is 1. The summed E-state index contributed by atoms with van der Waals surface area (Å²) in [6.07, 6.45) is 1.20. The van der Waals surface area contributed by atoms with Gasteiger partial charge >= 0.3 is 0 Å². The second kappa shape index (κ2) is 4.86. The summed E-state index contributed by atoms with van der Waals surface area (Å²) in [7, 11) is 0. The van der Waals surface area contributed by atoms with Crippen LogP contribution >= 0.6 is 0 Å². The molecular formula is C15H17FN2. The highest BCUT2D eigenvalue weighted by atomic mass is 19.1. The van der Waals surface area contributed by atoms with Crippen molar-refractivity contribution in [3.63, 3.8) is 0 Å². The molecule has 2 aromatic rings. The molecule has 2 nitrogen and oxygen atoms in total. The summed E-state index contributed by atoms with van der Waals surface area (Å²) in [5, 5.41) is 0. The van der Waals surface area contributed by atoms with Gasteiger partial charge in [-0.25, -0.2) is 4.39 Å². The van der Waals surface area contributed by atoms with Crippen LogP contribution in [-0.2, 0) is 0 Å². The molecule has 0 bridgehead atoms. The van der Waals surface area contributed by atoms with Gasteiger partial charge in [-0.2, -0.15) is 0 Å². The molecule has 1 aromatic carbocycles. The summed E-state index contributed by atoms with van der Waals surface area (Å²) in [6, 6.07) is 6.91. The molecule has 3 heteroatoms. The van der Waals surface area contributed by atoms with Gasteiger partial charge in [-0.15, -0.1) is 0 Å². The van der Waals surface area contributed by atoms with E-state index >= 15 is 0 Å². The van der Waals surface area contributed by atoms with Gasteiger partial charge in [0.1, 0.15) is 5.82 Å². The number of hydrogen-bond donors (Lipinski definition) is 1. The quantitative estimate of drug-likeness (QED) is 0.881. The third-order valence-corrected chi connectivity index (χ3v) is 3.29. The lowest BCUT2D eigenvalue weighted by Crippen LogP contribution is -2.15. The standard InChI is InChI=1S/C15H17FN2/c1-9-6-11(3)13(7-10(9)2)15(17)14-5-4-12(16)8-18-14/h4-8,15H,17H2,1-3H3. The average molecular weight is 244 g/mol. The minimum absolute atomic E-state index is 0.315. The van der Waals surface area contributed by atoms with Crippen molar-refractivity contribution < 1.29 is 4.39 Å². The minimum atomic E-state index is -0.345. The molecular weight excluding hydrogens is 227 g/mol. The first-order valence-electron chi connectivity index (χ1n) is 5.94. The van der Waals surface area contributed by atoms with Crippen LogP contribution in [0, 0.1) is 26.6 Å². The maximum atomic E-state index is 12.8. The first kappa shape index (κ1) is 12.7. The van der Waals surface area contributed by atoms with E-state index in [9.17, 15) is 4.39 Å². The summed E-state index contributed by atoms with van der Waals surface area (Å²) >= 11 is 0. The fourth-order valence-corrected chi connectivity index (χ4v) is 2.05. The van der Waals surface area contributed by atoms with Crippen molar-refractivity contribution in [3.05, 3.63) is 64.2 Å². The second-order valence-electron chi connectivity index (χ2n) is 4.67. The highest BCUT2D eigenvalue weighted by molar-refractivity contribution is 5.40. The largest absolute Gasteiger partial charge is 0.319 e. The lowest BCUT2D eigenvalue weighted by atomic mass is 9.94. The molecule has 1 unspecified atom stereocenters. The van der Waals surface area contributed by atoms with Gasteiger partial charge in [0.05, 0.1) is 17.9 Å². The summed E-state index contributed by atoms with van der Waals surface area (Å²) in [6.45, 7) is 6.17. The van der Waals surface area contributed by atoms with Crippen molar-refractivity contribution >= 4 is 0 Å². The van der Waals surface area contributed by atoms with Crippen molar-refractivity contribution in [2.45, 2.75) is 26.8 Å². The van der Waals surface area contributed by atoms with Crippen LogP contribution < -0.4 is 5.73 Å². The van der Waals surface area contributed by atoms with Crippen LogP contribution in [0.3, 0.4) is 0 Å². The van der Waals surface area contributed by atoms with E-state index in [0.29, 0.717) is 5.69 Å². The molecule has 0 aliphatic heterocycles. The minimum Gasteiger partial charge on any atom is -0.319 e. The van der Waals surface area contributed by atoms with Gasteiger partial charge < -0.3 is 5.73 Å². The molecule has 0 aliphatic rings. The summed E-state index contributed by atoms with van der Waals surface area (Å²) in [5.41, 5.74) is 11.5. The molecule has 0 saturated carbocycles. The predicted molar refractivity (Wildman–Crippen MR) is 70.9 cm³/mol. The smallest absolute Gasteiger partial charge is 0.141 e. The maximum absolute atomic E-state index is 12.8. The van der Waals surface area contributed by atoms with Crippen LogP contribution in [0.15, 0.2) is 30.5 Å². The molecule has 0 fully saturated rings. The Balaban J connectivity index is 2.42. The highest BCUT2D eigenvalue weighted by Crippen LogP contribution is 2.24. The van der Waals surface area contributed by atoms with E-state index in [2.05, 4.69) is 31.0 Å². The van der Waals surface area contributed by atoms with Crippen LogP contribution in [0.1, 0.15) is 34.0 Å². The Labute approximate surface area is 107 Å². The molecule has 94 valence electrons. The lowest BCUT2D eigenvalue weighted by Gasteiger charge is -2.16. The number of pyridine rings is 1. The molecule has 0 spiro atoms.